The van der Waals surface area contributed by atoms with Crippen LogP contribution in [0.15, 0.2) is 5.16 Å². The molecular formula is C10H11F3N2O4. The summed E-state index contributed by atoms with van der Waals surface area (Å²) in [5.41, 5.74) is -1.37. The van der Waals surface area contributed by atoms with Gasteiger partial charge in [-0.1, -0.05) is 5.16 Å². The minimum atomic E-state index is -4.94. The number of aliphatic carboxylic acids is 1. The maximum Gasteiger partial charge on any atom is 0.471 e. The summed E-state index contributed by atoms with van der Waals surface area (Å²) >= 11 is 0. The summed E-state index contributed by atoms with van der Waals surface area (Å²) in [4.78, 5) is 27.5. The maximum absolute atomic E-state index is 12.4. The van der Waals surface area contributed by atoms with Crippen LogP contribution in [-0.2, 0) is 14.4 Å². The van der Waals surface area contributed by atoms with Gasteiger partial charge in [0.05, 0.1) is 6.54 Å². The van der Waals surface area contributed by atoms with E-state index in [2.05, 4.69) is 5.16 Å². The largest absolute Gasteiger partial charge is 0.477 e. The van der Waals surface area contributed by atoms with Gasteiger partial charge in [0.15, 0.2) is 11.3 Å². The van der Waals surface area contributed by atoms with E-state index in [9.17, 15) is 22.8 Å². The zero-order valence-corrected chi connectivity index (χ0v) is 9.74. The highest BCUT2D eigenvalue weighted by molar-refractivity contribution is 6.36. The average molecular weight is 280 g/mol. The molecule has 0 aromatic heterocycles. The number of amides is 1. The second kappa shape index (κ2) is 4.39. The number of nitrogens with zero attached hydrogens (tertiary/aromatic N) is 2. The van der Waals surface area contributed by atoms with E-state index in [-0.39, 0.29) is 25.2 Å². The first-order chi connectivity index (χ1) is 8.73. The van der Waals surface area contributed by atoms with E-state index >= 15 is 0 Å². The number of rotatable bonds is 1. The summed E-state index contributed by atoms with van der Waals surface area (Å²) < 4.78 is 37.1. The Kier molecular flexibility index (Phi) is 3.15. The zero-order valence-electron chi connectivity index (χ0n) is 9.74. The Labute approximate surface area is 105 Å². The van der Waals surface area contributed by atoms with Crippen LogP contribution in [0.5, 0.6) is 0 Å². The molecule has 19 heavy (non-hydrogen) atoms. The molecular weight excluding hydrogens is 269 g/mol. The number of carbonyl (C=O) groups excluding carboxylic acids is 1. The van der Waals surface area contributed by atoms with Crippen LogP contribution in [0.3, 0.4) is 0 Å². The third-order valence-corrected chi connectivity index (χ3v) is 3.16. The van der Waals surface area contributed by atoms with Crippen LogP contribution in [0.2, 0.25) is 0 Å². The lowest BCUT2D eigenvalue weighted by atomic mass is 9.88. The first kappa shape index (κ1) is 13.6. The molecule has 106 valence electrons. The number of carboxylic acids is 1. The Morgan fingerprint density at radius 1 is 1.42 bits per heavy atom. The van der Waals surface area contributed by atoms with Crippen molar-refractivity contribution < 1.29 is 32.7 Å². The van der Waals surface area contributed by atoms with Gasteiger partial charge < -0.3 is 14.8 Å². The summed E-state index contributed by atoms with van der Waals surface area (Å²) in [6, 6.07) is 0. The fourth-order valence-corrected chi connectivity index (χ4v) is 2.31. The van der Waals surface area contributed by atoms with Gasteiger partial charge in [0.2, 0.25) is 0 Å². The molecule has 1 atom stereocenters. The SMILES string of the molecule is O=C(O)C1=NOC2(CCCN(C(=O)C(F)(F)F)C2)C1. The monoisotopic (exact) mass is 280 g/mol. The number of piperidine rings is 1. The van der Waals surface area contributed by atoms with Gasteiger partial charge >= 0.3 is 18.1 Å². The highest BCUT2D eigenvalue weighted by Crippen LogP contribution is 2.34. The summed E-state index contributed by atoms with van der Waals surface area (Å²) in [6.45, 7) is -0.322. The van der Waals surface area contributed by atoms with Crippen LogP contribution in [0, 0.1) is 0 Å². The van der Waals surface area contributed by atoms with Gasteiger partial charge in [-0.3, -0.25) is 4.79 Å². The molecule has 1 unspecified atom stereocenters. The Morgan fingerprint density at radius 2 is 2.11 bits per heavy atom. The Bertz CT molecular complexity index is 449. The summed E-state index contributed by atoms with van der Waals surface area (Å²) in [5, 5.41) is 12.1. The van der Waals surface area contributed by atoms with E-state index in [1.807, 2.05) is 0 Å². The number of hydrogen-bond acceptors (Lipinski definition) is 4. The second-order valence-electron chi connectivity index (χ2n) is 4.62. The molecule has 9 heteroatoms. The van der Waals surface area contributed by atoms with Gasteiger partial charge in [0.1, 0.15) is 0 Å². The number of alkyl halides is 3. The van der Waals surface area contributed by atoms with Crippen LogP contribution in [0.1, 0.15) is 19.3 Å². The van der Waals surface area contributed by atoms with E-state index in [1.165, 1.54) is 0 Å². The Morgan fingerprint density at radius 3 is 2.63 bits per heavy atom. The molecule has 2 aliphatic rings. The van der Waals surface area contributed by atoms with Gasteiger partial charge in [0.25, 0.3) is 0 Å². The van der Waals surface area contributed by atoms with Crippen molar-refractivity contribution in [3.63, 3.8) is 0 Å². The fraction of sp³-hybridized carbons (Fsp3) is 0.700. The van der Waals surface area contributed by atoms with Crippen molar-refractivity contribution in [1.82, 2.24) is 4.90 Å². The molecule has 0 aliphatic carbocycles. The van der Waals surface area contributed by atoms with Crippen molar-refractivity contribution in [2.24, 2.45) is 5.16 Å². The molecule has 0 bridgehead atoms. The first-order valence-corrected chi connectivity index (χ1v) is 5.58. The minimum absolute atomic E-state index is 0.0220. The second-order valence-corrected chi connectivity index (χ2v) is 4.62. The molecule has 0 radical (unpaired) electrons. The molecule has 2 heterocycles. The van der Waals surface area contributed by atoms with Gasteiger partial charge in [-0.15, -0.1) is 0 Å². The molecule has 1 saturated heterocycles. The molecule has 1 spiro atoms. The van der Waals surface area contributed by atoms with Crippen molar-refractivity contribution in [3.05, 3.63) is 0 Å². The molecule has 1 fully saturated rings. The van der Waals surface area contributed by atoms with E-state index in [0.29, 0.717) is 17.7 Å². The van der Waals surface area contributed by atoms with Crippen molar-refractivity contribution in [1.29, 1.82) is 0 Å². The standard InChI is InChI=1S/C10H11F3N2O4/c11-10(12,13)8(18)15-3-1-2-9(5-15)4-6(7(16)17)14-19-9/h1-5H2,(H,16,17). The average Bonchev–Trinajstić information content (AvgIpc) is 2.71. The first-order valence-electron chi connectivity index (χ1n) is 5.58. The van der Waals surface area contributed by atoms with Crippen LogP contribution >= 0.6 is 0 Å². The molecule has 1 N–H and O–H groups in total. The van der Waals surface area contributed by atoms with Crippen LogP contribution < -0.4 is 0 Å². The summed E-state index contributed by atoms with van der Waals surface area (Å²) in [6.07, 6.45) is -4.35. The number of halogens is 3. The highest BCUT2D eigenvalue weighted by atomic mass is 19.4. The quantitative estimate of drug-likeness (QED) is 0.769. The molecule has 6 nitrogen and oxygen atoms in total. The molecule has 2 aliphatic heterocycles. The number of likely N-dealkylation sites (tertiary alicyclic amines) is 1. The van der Waals surface area contributed by atoms with E-state index < -0.39 is 23.7 Å². The summed E-state index contributed by atoms with van der Waals surface area (Å²) in [5.74, 6) is -3.20. The van der Waals surface area contributed by atoms with Gasteiger partial charge in [-0.25, -0.2) is 4.79 Å². The topological polar surface area (TPSA) is 79.2 Å². The van der Waals surface area contributed by atoms with Crippen molar-refractivity contribution in [3.8, 4) is 0 Å². The van der Waals surface area contributed by atoms with Crippen molar-refractivity contribution >= 4 is 17.6 Å². The Balaban J connectivity index is 2.07. The Hall–Kier alpha value is -1.80. The van der Waals surface area contributed by atoms with E-state index in [0.717, 1.165) is 0 Å². The molecule has 0 aromatic carbocycles. The van der Waals surface area contributed by atoms with Crippen LogP contribution in [0.25, 0.3) is 0 Å². The lowest BCUT2D eigenvalue weighted by Crippen LogP contribution is -2.53. The molecule has 2 rings (SSSR count). The van der Waals surface area contributed by atoms with E-state index in [4.69, 9.17) is 9.94 Å². The lowest BCUT2D eigenvalue weighted by molar-refractivity contribution is -0.191. The molecule has 0 aromatic rings. The third kappa shape index (κ3) is 2.64. The third-order valence-electron chi connectivity index (χ3n) is 3.16. The smallest absolute Gasteiger partial charge is 0.471 e. The number of oxime groups is 1. The normalized spacial score (nSPS) is 27.1. The van der Waals surface area contributed by atoms with Gasteiger partial charge in [-0.2, -0.15) is 13.2 Å². The predicted molar refractivity (Wildman–Crippen MR) is 55.4 cm³/mol. The molecule has 0 saturated carbocycles. The highest BCUT2D eigenvalue weighted by Gasteiger charge is 2.50. The summed E-state index contributed by atoms with van der Waals surface area (Å²) in [7, 11) is 0. The van der Waals surface area contributed by atoms with Crippen molar-refractivity contribution in [2.45, 2.75) is 31.0 Å². The van der Waals surface area contributed by atoms with Crippen LogP contribution in [0.4, 0.5) is 13.2 Å². The van der Waals surface area contributed by atoms with Gasteiger partial charge in [-0.05, 0) is 12.8 Å². The van der Waals surface area contributed by atoms with Crippen LogP contribution in [-0.4, -0.2) is 52.5 Å². The zero-order chi connectivity index (χ0) is 14.3. The maximum atomic E-state index is 12.4. The number of carboxylic acid groups (broad SMARTS) is 1. The molecule has 1 amide bonds. The predicted octanol–water partition coefficient (Wildman–Crippen LogP) is 0.771. The number of carbonyl (C=O) groups is 2. The number of hydrogen-bond donors (Lipinski definition) is 1. The fourth-order valence-electron chi connectivity index (χ4n) is 2.31. The lowest BCUT2D eigenvalue weighted by Gasteiger charge is -2.38. The van der Waals surface area contributed by atoms with Gasteiger partial charge in [0, 0.05) is 13.0 Å². The minimum Gasteiger partial charge on any atom is -0.477 e. The van der Waals surface area contributed by atoms with Crippen molar-refractivity contribution in [2.75, 3.05) is 13.1 Å². The van der Waals surface area contributed by atoms with E-state index in [1.54, 1.807) is 0 Å².